The Hall–Kier alpha value is -1.61. The summed E-state index contributed by atoms with van der Waals surface area (Å²) in [6.45, 7) is 0. The molecule has 2 aromatic rings. The van der Waals surface area contributed by atoms with Crippen LogP contribution in [0.1, 0.15) is 15.9 Å². The third-order valence-corrected chi connectivity index (χ3v) is 5.77. The van der Waals surface area contributed by atoms with E-state index in [-0.39, 0.29) is 26.9 Å². The fourth-order valence-electron chi connectivity index (χ4n) is 2.33. The van der Waals surface area contributed by atoms with E-state index in [2.05, 4.69) is 21.2 Å². The summed E-state index contributed by atoms with van der Waals surface area (Å²) >= 11 is 15.3. The molecule has 0 saturated heterocycles. The van der Waals surface area contributed by atoms with Crippen LogP contribution in [0.2, 0.25) is 10.0 Å². The third-order valence-electron chi connectivity index (χ3n) is 3.60. The van der Waals surface area contributed by atoms with Crippen LogP contribution in [0.15, 0.2) is 45.8 Å². The van der Waals surface area contributed by atoms with Gasteiger partial charge in [0.25, 0.3) is 5.91 Å². The van der Waals surface area contributed by atoms with Crippen molar-refractivity contribution in [1.29, 1.82) is 0 Å². The van der Waals surface area contributed by atoms with Crippen molar-refractivity contribution >= 4 is 60.8 Å². The van der Waals surface area contributed by atoms with Crippen molar-refractivity contribution in [2.24, 2.45) is 0 Å². The Kier molecular flexibility index (Phi) is 6.91. The first-order valence-electron chi connectivity index (χ1n) is 7.46. The summed E-state index contributed by atoms with van der Waals surface area (Å²) in [5.74, 6) is -2.03. The minimum Gasteiger partial charge on any atom is -0.480 e. The van der Waals surface area contributed by atoms with Gasteiger partial charge in [-0.3, -0.25) is 4.79 Å². The lowest BCUT2D eigenvalue weighted by atomic mass is 10.1. The largest absolute Gasteiger partial charge is 0.480 e. The van der Waals surface area contributed by atoms with Crippen LogP contribution in [0.25, 0.3) is 0 Å². The molecular formula is C17H14BrCl2NO5S. The van der Waals surface area contributed by atoms with Crippen LogP contribution in [-0.4, -0.2) is 37.7 Å². The van der Waals surface area contributed by atoms with Gasteiger partial charge < -0.3 is 10.4 Å². The molecule has 0 aliphatic heterocycles. The highest BCUT2D eigenvalue weighted by atomic mass is 79.9. The van der Waals surface area contributed by atoms with Crippen LogP contribution in [0.3, 0.4) is 0 Å². The molecule has 0 aromatic heterocycles. The maximum absolute atomic E-state index is 12.5. The van der Waals surface area contributed by atoms with Crippen molar-refractivity contribution in [2.45, 2.75) is 17.4 Å². The summed E-state index contributed by atoms with van der Waals surface area (Å²) < 4.78 is 23.9. The van der Waals surface area contributed by atoms with Gasteiger partial charge in [0.2, 0.25) is 0 Å². The Labute approximate surface area is 174 Å². The lowest BCUT2D eigenvalue weighted by Crippen LogP contribution is -2.42. The zero-order valence-electron chi connectivity index (χ0n) is 13.9. The number of benzene rings is 2. The van der Waals surface area contributed by atoms with Crippen molar-refractivity contribution in [2.75, 3.05) is 6.26 Å². The molecule has 0 fully saturated rings. The summed E-state index contributed by atoms with van der Waals surface area (Å²) in [5.41, 5.74) is 0.399. The van der Waals surface area contributed by atoms with Gasteiger partial charge in [0.05, 0.1) is 20.5 Å². The number of halogens is 3. The number of nitrogens with one attached hydrogen (secondary N) is 1. The first kappa shape index (κ1) is 21.7. The fraction of sp³-hybridized carbons (Fsp3) is 0.176. The lowest BCUT2D eigenvalue weighted by Gasteiger charge is -2.16. The number of aliphatic carboxylic acids is 1. The highest BCUT2D eigenvalue weighted by molar-refractivity contribution is 9.10. The van der Waals surface area contributed by atoms with Gasteiger partial charge in [-0.05, 0) is 29.8 Å². The summed E-state index contributed by atoms with van der Waals surface area (Å²) in [7, 11) is -3.44. The molecule has 1 atom stereocenters. The number of hydrogen-bond acceptors (Lipinski definition) is 4. The van der Waals surface area contributed by atoms with Gasteiger partial charge in [-0.2, -0.15) is 0 Å². The molecule has 0 spiro atoms. The molecule has 1 unspecified atom stereocenters. The maximum Gasteiger partial charge on any atom is 0.326 e. The van der Waals surface area contributed by atoms with E-state index >= 15 is 0 Å². The zero-order valence-corrected chi connectivity index (χ0v) is 17.8. The average Bonchev–Trinajstić information content (AvgIpc) is 2.52. The van der Waals surface area contributed by atoms with Crippen LogP contribution >= 0.6 is 39.1 Å². The van der Waals surface area contributed by atoms with Crippen LogP contribution in [0, 0.1) is 0 Å². The average molecular weight is 495 g/mol. The summed E-state index contributed by atoms with van der Waals surface area (Å²) in [6, 6.07) is 7.50. The van der Waals surface area contributed by atoms with Crippen molar-refractivity contribution in [3.63, 3.8) is 0 Å². The van der Waals surface area contributed by atoms with Gasteiger partial charge in [-0.1, -0.05) is 51.3 Å². The molecule has 2 rings (SSSR count). The molecule has 2 aromatic carbocycles. The first-order chi connectivity index (χ1) is 12.5. The highest BCUT2D eigenvalue weighted by Crippen LogP contribution is 2.29. The molecule has 1 amide bonds. The van der Waals surface area contributed by atoms with Gasteiger partial charge in [0.1, 0.15) is 6.04 Å². The molecule has 0 radical (unpaired) electrons. The number of hydrogen-bond donors (Lipinski definition) is 2. The van der Waals surface area contributed by atoms with Gasteiger partial charge in [0, 0.05) is 17.1 Å². The Morgan fingerprint density at radius 2 is 1.78 bits per heavy atom. The van der Waals surface area contributed by atoms with Crippen LogP contribution in [0.4, 0.5) is 0 Å². The predicted molar refractivity (Wildman–Crippen MR) is 106 cm³/mol. The van der Waals surface area contributed by atoms with Gasteiger partial charge in [0.15, 0.2) is 9.84 Å². The zero-order chi connectivity index (χ0) is 20.4. The van der Waals surface area contributed by atoms with E-state index in [9.17, 15) is 23.1 Å². The molecule has 2 N–H and O–H groups in total. The Balaban J connectivity index is 2.27. The fourth-order valence-corrected chi connectivity index (χ4v) is 4.40. The number of carboxylic acid groups (broad SMARTS) is 1. The second kappa shape index (κ2) is 8.60. The van der Waals surface area contributed by atoms with Gasteiger partial charge >= 0.3 is 5.97 Å². The number of rotatable bonds is 6. The predicted octanol–water partition coefficient (Wildman–Crippen LogP) is 3.59. The summed E-state index contributed by atoms with van der Waals surface area (Å²) in [5, 5.41) is 11.9. The van der Waals surface area contributed by atoms with Crippen molar-refractivity contribution in [3.05, 3.63) is 62.0 Å². The molecule has 0 aliphatic carbocycles. The minimum atomic E-state index is -3.44. The van der Waals surface area contributed by atoms with Crippen LogP contribution in [-0.2, 0) is 21.1 Å². The van der Waals surface area contributed by atoms with Gasteiger partial charge in [-0.25, -0.2) is 13.2 Å². The Morgan fingerprint density at radius 1 is 1.19 bits per heavy atom. The van der Waals surface area contributed by atoms with E-state index in [1.807, 2.05) is 0 Å². The summed E-state index contributed by atoms with van der Waals surface area (Å²) in [4.78, 5) is 24.1. The molecule has 0 aliphatic rings. The smallest absolute Gasteiger partial charge is 0.326 e. The van der Waals surface area contributed by atoms with E-state index in [4.69, 9.17) is 23.2 Å². The molecule has 27 heavy (non-hydrogen) atoms. The molecule has 6 nitrogen and oxygen atoms in total. The van der Waals surface area contributed by atoms with Crippen LogP contribution < -0.4 is 5.32 Å². The highest BCUT2D eigenvalue weighted by Gasteiger charge is 2.24. The molecule has 0 saturated carbocycles. The molecule has 0 heterocycles. The quantitative estimate of drug-likeness (QED) is 0.639. The molecule has 10 heteroatoms. The van der Waals surface area contributed by atoms with E-state index in [1.165, 1.54) is 30.3 Å². The second-order valence-electron chi connectivity index (χ2n) is 5.73. The standard InChI is InChI=1S/C17H14BrCl2NO5S/c1-27(25,26)11-4-2-3-9(5-11)6-14(17(23)24)21-16(22)15-12(19)7-10(18)8-13(15)20/h2-5,7-8,14H,6H2,1H3,(H,21,22)(H,23,24). The van der Waals surface area contributed by atoms with E-state index in [0.717, 1.165) is 6.26 Å². The first-order valence-corrected chi connectivity index (χ1v) is 10.9. The van der Waals surface area contributed by atoms with Crippen molar-refractivity contribution in [3.8, 4) is 0 Å². The number of carbonyl (C=O) groups excluding carboxylic acids is 1. The minimum absolute atomic E-state index is 0.0438. The normalized spacial score (nSPS) is 12.4. The monoisotopic (exact) mass is 493 g/mol. The molecule has 144 valence electrons. The van der Waals surface area contributed by atoms with E-state index in [0.29, 0.717) is 10.0 Å². The van der Waals surface area contributed by atoms with Crippen molar-refractivity contribution in [1.82, 2.24) is 5.32 Å². The SMILES string of the molecule is CS(=O)(=O)c1cccc(CC(NC(=O)c2c(Cl)cc(Br)cc2Cl)C(=O)O)c1. The van der Waals surface area contributed by atoms with Crippen molar-refractivity contribution < 1.29 is 23.1 Å². The Bertz CT molecular complexity index is 987. The molecular weight excluding hydrogens is 481 g/mol. The number of sulfone groups is 1. The topological polar surface area (TPSA) is 101 Å². The van der Waals surface area contributed by atoms with E-state index < -0.39 is 27.8 Å². The summed E-state index contributed by atoms with van der Waals surface area (Å²) in [6.07, 6.45) is 0.941. The van der Waals surface area contributed by atoms with E-state index in [1.54, 1.807) is 6.07 Å². The number of carboxylic acids is 1. The Morgan fingerprint density at radius 3 is 2.30 bits per heavy atom. The molecule has 0 bridgehead atoms. The number of amides is 1. The van der Waals surface area contributed by atoms with Gasteiger partial charge in [-0.15, -0.1) is 0 Å². The lowest BCUT2D eigenvalue weighted by molar-refractivity contribution is -0.139. The second-order valence-corrected chi connectivity index (χ2v) is 9.48. The maximum atomic E-state index is 12.5. The third kappa shape index (κ3) is 5.68. The number of carbonyl (C=O) groups is 2. The van der Waals surface area contributed by atoms with Crippen LogP contribution in [0.5, 0.6) is 0 Å².